The first-order valence-corrected chi connectivity index (χ1v) is 22.4. The zero-order chi connectivity index (χ0) is 40.2. The molecule has 2 unspecified atom stereocenters. The lowest BCUT2D eigenvalue weighted by molar-refractivity contribution is -0.305. The molecule has 0 spiro atoms. The third-order valence-electron chi connectivity index (χ3n) is 10.3. The van der Waals surface area contributed by atoms with Crippen molar-refractivity contribution in [2.75, 3.05) is 19.8 Å². The van der Waals surface area contributed by atoms with Crippen molar-refractivity contribution in [2.45, 2.75) is 230 Å². The summed E-state index contributed by atoms with van der Waals surface area (Å²) in [6.45, 7) is 3.40. The maximum atomic E-state index is 12.8. The Kier molecular flexibility index (Phi) is 34.0. The molecule has 1 fully saturated rings. The summed E-state index contributed by atoms with van der Waals surface area (Å²) >= 11 is 0. The first-order valence-electron chi connectivity index (χ1n) is 22.4. The summed E-state index contributed by atoms with van der Waals surface area (Å²) in [4.78, 5) is 25.3. The summed E-state index contributed by atoms with van der Waals surface area (Å²) in [7, 11) is 0. The van der Waals surface area contributed by atoms with E-state index >= 15 is 0 Å². The van der Waals surface area contributed by atoms with Gasteiger partial charge in [0.2, 0.25) is 0 Å². The van der Waals surface area contributed by atoms with Crippen molar-refractivity contribution in [3.05, 3.63) is 24.3 Å². The topological polar surface area (TPSA) is 152 Å². The second-order valence-corrected chi connectivity index (χ2v) is 15.5. The summed E-state index contributed by atoms with van der Waals surface area (Å²) in [5.74, 6) is -0.831. The second kappa shape index (κ2) is 36.5. The molecule has 322 valence electrons. The number of hydrogen-bond acceptors (Lipinski definition) is 10. The van der Waals surface area contributed by atoms with E-state index in [4.69, 9.17) is 18.9 Å². The van der Waals surface area contributed by atoms with E-state index in [1.807, 2.05) is 0 Å². The van der Waals surface area contributed by atoms with Crippen molar-refractivity contribution in [2.24, 2.45) is 0 Å². The molecule has 1 heterocycles. The Labute approximate surface area is 334 Å². The lowest BCUT2D eigenvalue weighted by atomic mass is 9.99. The van der Waals surface area contributed by atoms with Gasteiger partial charge in [0.1, 0.15) is 31.0 Å². The summed E-state index contributed by atoms with van der Waals surface area (Å²) < 4.78 is 22.1. The molecule has 4 N–H and O–H groups in total. The van der Waals surface area contributed by atoms with Crippen molar-refractivity contribution in [1.29, 1.82) is 0 Å². The lowest BCUT2D eigenvalue weighted by Crippen LogP contribution is -2.59. The minimum Gasteiger partial charge on any atom is -0.462 e. The van der Waals surface area contributed by atoms with Gasteiger partial charge in [-0.2, -0.15) is 0 Å². The third-order valence-corrected chi connectivity index (χ3v) is 10.3. The predicted octanol–water partition coefficient (Wildman–Crippen LogP) is 9.33. The van der Waals surface area contributed by atoms with E-state index in [0.29, 0.717) is 12.8 Å². The van der Waals surface area contributed by atoms with E-state index in [2.05, 4.69) is 38.2 Å². The fourth-order valence-corrected chi connectivity index (χ4v) is 6.71. The number of esters is 2. The van der Waals surface area contributed by atoms with Crippen molar-refractivity contribution >= 4 is 11.9 Å². The zero-order valence-electron chi connectivity index (χ0n) is 34.9. The van der Waals surface area contributed by atoms with Gasteiger partial charge in [-0.25, -0.2) is 0 Å². The van der Waals surface area contributed by atoms with Crippen LogP contribution in [0.5, 0.6) is 0 Å². The first-order chi connectivity index (χ1) is 26.8. The van der Waals surface area contributed by atoms with Gasteiger partial charge < -0.3 is 39.4 Å². The second-order valence-electron chi connectivity index (χ2n) is 15.5. The van der Waals surface area contributed by atoms with Crippen molar-refractivity contribution < 1.29 is 49.0 Å². The number of aliphatic hydroxyl groups excluding tert-OH is 4. The molecular formula is C45H82O10. The maximum Gasteiger partial charge on any atom is 0.306 e. The summed E-state index contributed by atoms with van der Waals surface area (Å²) in [5.41, 5.74) is 0. The molecule has 1 saturated heterocycles. The van der Waals surface area contributed by atoms with E-state index in [1.54, 1.807) is 0 Å². The number of allylic oxidation sites excluding steroid dienone is 4. The fourth-order valence-electron chi connectivity index (χ4n) is 6.71. The van der Waals surface area contributed by atoms with Gasteiger partial charge in [0.25, 0.3) is 0 Å². The highest BCUT2D eigenvalue weighted by molar-refractivity contribution is 5.70. The van der Waals surface area contributed by atoms with Crippen LogP contribution in [0.4, 0.5) is 0 Å². The largest absolute Gasteiger partial charge is 0.462 e. The van der Waals surface area contributed by atoms with Gasteiger partial charge in [-0.05, 0) is 64.2 Å². The molecule has 0 aromatic rings. The smallest absolute Gasteiger partial charge is 0.306 e. The number of carbonyl (C=O) groups excluding carboxylic acids is 2. The number of carbonyl (C=O) groups is 2. The SMILES string of the molecule is CCCCCCCC/C=C/CCCCCCCC(=O)O[C@@H](COC(=O)CCCCC/C=C/CCCCCCCCCC)CO[C@H]1O[C@@H](CO)[C@@H](O)C(O)C1O. The minimum absolute atomic E-state index is 0.218. The highest BCUT2D eigenvalue weighted by Crippen LogP contribution is 2.22. The standard InChI is InChI=1S/C45H82O10/c1-3-5-7-9-11-13-15-17-19-21-23-25-27-29-31-33-40(47)52-36-38(37-53-45-44(51)43(50)42(49)39(35-46)55-45)54-41(48)34-32-30-28-26-24-22-20-18-16-14-12-10-8-6-4-2/h18,20-21,23,38-39,42-46,49-51H,3-17,19,22,24-37H2,1-2H3/b20-18+,23-21+/t38-,39-,42+,43?,44?,45-/m0/s1. The Bertz CT molecular complexity index is 954. The number of rotatable bonds is 37. The highest BCUT2D eigenvalue weighted by atomic mass is 16.7. The van der Waals surface area contributed by atoms with Crippen molar-refractivity contribution in [3.63, 3.8) is 0 Å². The van der Waals surface area contributed by atoms with E-state index in [-0.39, 0.29) is 26.1 Å². The zero-order valence-corrected chi connectivity index (χ0v) is 34.9. The quantitative estimate of drug-likeness (QED) is 0.0273. The third kappa shape index (κ3) is 28.3. The van der Waals surface area contributed by atoms with E-state index in [0.717, 1.165) is 57.8 Å². The van der Waals surface area contributed by atoms with Crippen LogP contribution in [0.3, 0.4) is 0 Å². The highest BCUT2D eigenvalue weighted by Gasteiger charge is 2.44. The minimum atomic E-state index is -1.60. The molecule has 1 aliphatic heterocycles. The van der Waals surface area contributed by atoms with Crippen LogP contribution in [-0.4, -0.2) is 89.0 Å². The Balaban J connectivity index is 2.35. The molecule has 6 atom stereocenters. The molecule has 0 aromatic heterocycles. The van der Waals surface area contributed by atoms with Gasteiger partial charge in [-0.1, -0.05) is 141 Å². The average Bonchev–Trinajstić information content (AvgIpc) is 3.18. The number of aliphatic hydroxyl groups is 4. The van der Waals surface area contributed by atoms with E-state index in [1.165, 1.54) is 96.3 Å². The maximum absolute atomic E-state index is 12.8. The molecule has 0 aliphatic carbocycles. The van der Waals surface area contributed by atoms with Gasteiger partial charge in [-0.15, -0.1) is 0 Å². The molecule has 0 aromatic carbocycles. The van der Waals surface area contributed by atoms with Gasteiger partial charge in [0, 0.05) is 12.8 Å². The Morgan fingerprint density at radius 2 is 0.964 bits per heavy atom. The van der Waals surface area contributed by atoms with Gasteiger partial charge >= 0.3 is 11.9 Å². The average molecular weight is 783 g/mol. The number of hydrogen-bond donors (Lipinski definition) is 4. The number of unbranched alkanes of at least 4 members (excludes halogenated alkanes) is 22. The first kappa shape index (κ1) is 51.2. The van der Waals surface area contributed by atoms with Crippen LogP contribution in [0.25, 0.3) is 0 Å². The van der Waals surface area contributed by atoms with Gasteiger partial charge in [0.05, 0.1) is 13.2 Å². The molecule has 10 heteroatoms. The van der Waals surface area contributed by atoms with Crippen LogP contribution in [0.2, 0.25) is 0 Å². The van der Waals surface area contributed by atoms with E-state index < -0.39 is 55.4 Å². The molecule has 1 rings (SSSR count). The summed E-state index contributed by atoms with van der Waals surface area (Å²) in [6, 6.07) is 0. The monoisotopic (exact) mass is 783 g/mol. The molecule has 55 heavy (non-hydrogen) atoms. The van der Waals surface area contributed by atoms with Gasteiger partial charge in [0.15, 0.2) is 12.4 Å². The Morgan fingerprint density at radius 3 is 1.44 bits per heavy atom. The van der Waals surface area contributed by atoms with Crippen LogP contribution >= 0.6 is 0 Å². The molecule has 10 nitrogen and oxygen atoms in total. The van der Waals surface area contributed by atoms with Crippen molar-refractivity contribution in [3.8, 4) is 0 Å². The molecule has 1 aliphatic rings. The van der Waals surface area contributed by atoms with Crippen molar-refractivity contribution in [1.82, 2.24) is 0 Å². The van der Waals surface area contributed by atoms with Crippen LogP contribution in [0, 0.1) is 0 Å². The summed E-state index contributed by atoms with van der Waals surface area (Å²) in [5, 5.41) is 40.0. The summed E-state index contributed by atoms with van der Waals surface area (Å²) in [6.07, 6.45) is 31.8. The van der Waals surface area contributed by atoms with Crippen LogP contribution < -0.4 is 0 Å². The molecule has 0 amide bonds. The molecule has 0 bridgehead atoms. The number of ether oxygens (including phenoxy) is 4. The molecule has 0 saturated carbocycles. The van der Waals surface area contributed by atoms with Crippen LogP contribution in [-0.2, 0) is 28.5 Å². The van der Waals surface area contributed by atoms with Gasteiger partial charge in [-0.3, -0.25) is 9.59 Å². The Hall–Kier alpha value is -1.82. The lowest BCUT2D eigenvalue weighted by Gasteiger charge is -2.39. The predicted molar refractivity (Wildman–Crippen MR) is 219 cm³/mol. The van der Waals surface area contributed by atoms with E-state index in [9.17, 15) is 30.0 Å². The Morgan fingerprint density at radius 1 is 0.545 bits per heavy atom. The normalized spacial score (nSPS) is 20.7. The molecular weight excluding hydrogens is 700 g/mol. The fraction of sp³-hybridized carbons (Fsp3) is 0.867. The van der Waals surface area contributed by atoms with Crippen LogP contribution in [0.15, 0.2) is 24.3 Å². The van der Waals surface area contributed by atoms with Crippen LogP contribution in [0.1, 0.15) is 194 Å². The molecule has 0 radical (unpaired) electrons.